The molecule has 1 aliphatic rings. The van der Waals surface area contributed by atoms with Crippen molar-refractivity contribution in [2.24, 2.45) is 5.92 Å². The zero-order chi connectivity index (χ0) is 8.93. The van der Waals surface area contributed by atoms with Crippen LogP contribution in [0.2, 0.25) is 0 Å². The van der Waals surface area contributed by atoms with E-state index in [0.29, 0.717) is 0 Å². The van der Waals surface area contributed by atoms with E-state index < -0.39 is 0 Å². The number of aromatic amines is 1. The van der Waals surface area contributed by atoms with Gasteiger partial charge in [0.05, 0.1) is 0 Å². The van der Waals surface area contributed by atoms with Crippen molar-refractivity contribution < 1.29 is 0 Å². The number of piperidine rings is 1. The minimum absolute atomic E-state index is 0.763. The van der Waals surface area contributed by atoms with Gasteiger partial charge in [-0.15, -0.1) is 10.2 Å². The first-order valence-corrected chi connectivity index (χ1v) is 5.50. The maximum Gasteiger partial charge on any atom is 0.230 e. The van der Waals surface area contributed by atoms with Crippen LogP contribution in [0.1, 0.15) is 12.8 Å². The fraction of sp³-hybridized carbons (Fsp3) is 0.857. The highest BCUT2D eigenvalue weighted by Gasteiger charge is 2.13. The van der Waals surface area contributed by atoms with Crippen LogP contribution in [0.25, 0.3) is 0 Å². The molecule has 6 heteroatoms. The summed E-state index contributed by atoms with van der Waals surface area (Å²) in [6.07, 6.45) is 2.54. The average Bonchev–Trinajstić information content (AvgIpc) is 2.69. The van der Waals surface area contributed by atoms with Crippen molar-refractivity contribution in [2.45, 2.75) is 18.0 Å². The molecule has 13 heavy (non-hydrogen) atoms. The van der Waals surface area contributed by atoms with E-state index in [1.165, 1.54) is 12.8 Å². The molecule has 0 aliphatic carbocycles. The molecule has 5 nitrogen and oxygen atoms in total. The van der Waals surface area contributed by atoms with Crippen LogP contribution < -0.4 is 5.32 Å². The zero-order valence-corrected chi connectivity index (χ0v) is 8.18. The molecule has 2 rings (SSSR count). The van der Waals surface area contributed by atoms with Crippen molar-refractivity contribution in [3.63, 3.8) is 0 Å². The van der Waals surface area contributed by atoms with Gasteiger partial charge in [-0.1, -0.05) is 11.8 Å². The summed E-state index contributed by atoms with van der Waals surface area (Å²) in [5, 5.41) is 17.9. The molecule has 0 spiro atoms. The molecule has 0 amide bonds. The molecule has 1 aromatic heterocycles. The van der Waals surface area contributed by atoms with Gasteiger partial charge in [0.1, 0.15) is 0 Å². The van der Waals surface area contributed by atoms with Crippen molar-refractivity contribution in [1.82, 2.24) is 25.9 Å². The second-order valence-corrected chi connectivity index (χ2v) is 4.19. The highest BCUT2D eigenvalue weighted by molar-refractivity contribution is 7.99. The predicted octanol–water partition coefficient (Wildman–Crippen LogP) is 0.291. The Morgan fingerprint density at radius 1 is 1.38 bits per heavy atom. The summed E-state index contributed by atoms with van der Waals surface area (Å²) >= 11 is 1.69. The molecule has 0 atom stereocenters. The van der Waals surface area contributed by atoms with E-state index >= 15 is 0 Å². The van der Waals surface area contributed by atoms with Gasteiger partial charge in [-0.25, -0.2) is 0 Å². The molecule has 2 heterocycles. The molecular weight excluding hydrogens is 186 g/mol. The van der Waals surface area contributed by atoms with Gasteiger partial charge in [-0.3, -0.25) is 0 Å². The van der Waals surface area contributed by atoms with Crippen LogP contribution in [-0.2, 0) is 0 Å². The molecule has 0 unspecified atom stereocenters. The Kier molecular flexibility index (Phi) is 3.15. The molecule has 0 saturated carbocycles. The van der Waals surface area contributed by atoms with Crippen molar-refractivity contribution >= 4 is 11.8 Å². The van der Waals surface area contributed by atoms with Gasteiger partial charge in [0.25, 0.3) is 0 Å². The lowest BCUT2D eigenvalue weighted by atomic mass is 10.0. The van der Waals surface area contributed by atoms with Gasteiger partial charge in [0.2, 0.25) is 5.16 Å². The number of rotatable bonds is 3. The molecule has 1 fully saturated rings. The smallest absolute Gasteiger partial charge is 0.230 e. The number of thioether (sulfide) groups is 1. The number of nitrogens with zero attached hydrogens (tertiary/aromatic N) is 3. The molecule has 1 aromatic rings. The highest BCUT2D eigenvalue weighted by atomic mass is 32.2. The summed E-state index contributed by atoms with van der Waals surface area (Å²) in [4.78, 5) is 0. The number of nitrogens with one attached hydrogen (secondary N) is 2. The lowest BCUT2D eigenvalue weighted by Crippen LogP contribution is -2.28. The minimum Gasteiger partial charge on any atom is -0.317 e. The van der Waals surface area contributed by atoms with E-state index in [1.54, 1.807) is 11.8 Å². The number of hydrogen-bond donors (Lipinski definition) is 2. The Labute approximate surface area is 81.1 Å². The summed E-state index contributed by atoms with van der Waals surface area (Å²) in [6.45, 7) is 2.30. The van der Waals surface area contributed by atoms with Crippen LogP contribution in [0.15, 0.2) is 5.16 Å². The summed E-state index contributed by atoms with van der Waals surface area (Å²) in [6, 6.07) is 0. The summed E-state index contributed by atoms with van der Waals surface area (Å²) in [5.74, 6) is 1.92. The first-order chi connectivity index (χ1) is 6.45. The van der Waals surface area contributed by atoms with E-state index in [4.69, 9.17) is 0 Å². The molecular formula is C7H13N5S. The Hall–Kier alpha value is -0.620. The Morgan fingerprint density at radius 3 is 2.92 bits per heavy atom. The van der Waals surface area contributed by atoms with Crippen LogP contribution in [-0.4, -0.2) is 39.5 Å². The zero-order valence-electron chi connectivity index (χ0n) is 7.36. The van der Waals surface area contributed by atoms with Crippen LogP contribution in [0, 0.1) is 5.92 Å². The summed E-state index contributed by atoms with van der Waals surface area (Å²) in [5.41, 5.74) is 0. The number of hydrogen-bond acceptors (Lipinski definition) is 5. The second-order valence-electron chi connectivity index (χ2n) is 3.20. The van der Waals surface area contributed by atoms with E-state index in [1.807, 2.05) is 0 Å². The quantitative estimate of drug-likeness (QED) is 0.685. The Balaban J connectivity index is 1.72. The van der Waals surface area contributed by atoms with Gasteiger partial charge in [-0.2, -0.15) is 5.21 Å². The Morgan fingerprint density at radius 2 is 2.23 bits per heavy atom. The fourth-order valence-electron chi connectivity index (χ4n) is 1.45. The van der Waals surface area contributed by atoms with Gasteiger partial charge in [0, 0.05) is 5.75 Å². The van der Waals surface area contributed by atoms with E-state index in [0.717, 1.165) is 29.9 Å². The topological polar surface area (TPSA) is 66.5 Å². The van der Waals surface area contributed by atoms with Gasteiger partial charge in [0.15, 0.2) is 0 Å². The molecule has 0 aromatic carbocycles. The van der Waals surface area contributed by atoms with Crippen molar-refractivity contribution in [1.29, 1.82) is 0 Å². The SMILES string of the molecule is C1CC(CSc2nn[nH]n2)CCN1. The predicted molar refractivity (Wildman–Crippen MR) is 50.5 cm³/mol. The number of H-pyrrole nitrogens is 1. The molecule has 1 aliphatic heterocycles. The molecule has 1 saturated heterocycles. The fourth-order valence-corrected chi connectivity index (χ4v) is 2.38. The molecule has 72 valence electrons. The molecule has 0 bridgehead atoms. The van der Waals surface area contributed by atoms with Crippen molar-refractivity contribution in [3.8, 4) is 0 Å². The van der Waals surface area contributed by atoms with Gasteiger partial charge in [-0.05, 0) is 37.1 Å². The highest BCUT2D eigenvalue weighted by Crippen LogP contribution is 2.20. The van der Waals surface area contributed by atoms with Gasteiger partial charge >= 0.3 is 0 Å². The second kappa shape index (κ2) is 4.57. The number of aromatic nitrogens is 4. The van der Waals surface area contributed by atoms with E-state index in [9.17, 15) is 0 Å². The number of tetrazole rings is 1. The molecule has 2 N–H and O–H groups in total. The van der Waals surface area contributed by atoms with Crippen molar-refractivity contribution in [3.05, 3.63) is 0 Å². The third-order valence-electron chi connectivity index (χ3n) is 2.23. The third-order valence-corrected chi connectivity index (χ3v) is 3.30. The van der Waals surface area contributed by atoms with E-state index in [2.05, 4.69) is 25.9 Å². The lowest BCUT2D eigenvalue weighted by molar-refractivity contribution is 0.407. The third kappa shape index (κ3) is 2.67. The first-order valence-electron chi connectivity index (χ1n) is 4.52. The van der Waals surface area contributed by atoms with Crippen LogP contribution in [0.5, 0.6) is 0 Å². The summed E-state index contributed by atoms with van der Waals surface area (Å²) in [7, 11) is 0. The van der Waals surface area contributed by atoms with Crippen LogP contribution in [0.3, 0.4) is 0 Å². The monoisotopic (exact) mass is 199 g/mol. The largest absolute Gasteiger partial charge is 0.317 e. The molecule has 0 radical (unpaired) electrons. The van der Waals surface area contributed by atoms with Crippen LogP contribution in [0.4, 0.5) is 0 Å². The summed E-state index contributed by atoms with van der Waals surface area (Å²) < 4.78 is 0. The Bertz CT molecular complexity index is 231. The standard InChI is InChI=1S/C7H13N5S/c1-3-8-4-2-6(1)5-13-7-9-11-12-10-7/h6,8H,1-5H2,(H,9,10,11,12). The maximum absolute atomic E-state index is 3.90. The van der Waals surface area contributed by atoms with E-state index in [-0.39, 0.29) is 0 Å². The van der Waals surface area contributed by atoms with Crippen molar-refractivity contribution in [2.75, 3.05) is 18.8 Å². The van der Waals surface area contributed by atoms with Gasteiger partial charge < -0.3 is 5.32 Å². The first kappa shape index (κ1) is 8.96. The lowest BCUT2D eigenvalue weighted by Gasteiger charge is -2.21. The minimum atomic E-state index is 0.763. The maximum atomic E-state index is 3.90. The van der Waals surface area contributed by atoms with Crippen LogP contribution >= 0.6 is 11.8 Å². The average molecular weight is 199 g/mol. The normalized spacial score (nSPS) is 19.1.